The Kier molecular flexibility index (Phi) is 6.17. The van der Waals surface area contributed by atoms with Crippen molar-refractivity contribution in [1.29, 1.82) is 0 Å². The van der Waals surface area contributed by atoms with Gasteiger partial charge >= 0.3 is 0 Å². The van der Waals surface area contributed by atoms with Crippen molar-refractivity contribution in [3.05, 3.63) is 54.5 Å². The van der Waals surface area contributed by atoms with E-state index in [0.29, 0.717) is 28.6 Å². The van der Waals surface area contributed by atoms with Gasteiger partial charge in [-0.15, -0.1) is 0 Å². The van der Waals surface area contributed by atoms with Crippen molar-refractivity contribution in [3.8, 4) is 11.5 Å². The van der Waals surface area contributed by atoms with Gasteiger partial charge in [0.2, 0.25) is 5.95 Å². The Bertz CT molecular complexity index is 1250. The van der Waals surface area contributed by atoms with E-state index in [2.05, 4.69) is 31.2 Å². The zero-order valence-corrected chi connectivity index (χ0v) is 18.7. The number of nitrogens with zero attached hydrogens (tertiary/aromatic N) is 2. The number of carbonyl (C=O) groups excluding carboxylic acids is 2. The maximum atomic E-state index is 14.4. The van der Waals surface area contributed by atoms with Crippen LogP contribution in [0, 0.1) is 5.82 Å². The van der Waals surface area contributed by atoms with Crippen molar-refractivity contribution in [3.63, 3.8) is 0 Å². The number of anilines is 5. The van der Waals surface area contributed by atoms with E-state index in [9.17, 15) is 14.0 Å². The van der Waals surface area contributed by atoms with Gasteiger partial charge in [-0.25, -0.2) is 9.37 Å². The molecule has 4 N–H and O–H groups in total. The highest BCUT2D eigenvalue weighted by atomic mass is 19.1. The number of ether oxygens (including phenoxy) is 2. The van der Waals surface area contributed by atoms with Gasteiger partial charge in [-0.1, -0.05) is 6.07 Å². The first-order chi connectivity index (χ1) is 16.2. The van der Waals surface area contributed by atoms with Crippen LogP contribution in [0.3, 0.4) is 0 Å². The molecular weight excluding hydrogens is 443 g/mol. The predicted molar refractivity (Wildman–Crippen MR) is 124 cm³/mol. The molecule has 4 rings (SSSR count). The molecule has 0 saturated carbocycles. The Hall–Kier alpha value is -4.41. The lowest BCUT2D eigenvalue weighted by atomic mass is 10.1. The largest absolute Gasteiger partial charge is 0.484 e. The minimum atomic E-state index is -0.980. The van der Waals surface area contributed by atoms with Crippen LogP contribution < -0.4 is 30.7 Å². The Labute approximate surface area is 194 Å². The quantitative estimate of drug-likeness (QED) is 0.418. The molecule has 2 aromatic carbocycles. The van der Waals surface area contributed by atoms with Gasteiger partial charge < -0.3 is 30.7 Å². The highest BCUT2D eigenvalue weighted by molar-refractivity contribution is 6.00. The summed E-state index contributed by atoms with van der Waals surface area (Å²) >= 11 is 0. The molecule has 0 spiro atoms. The molecule has 3 aromatic rings. The van der Waals surface area contributed by atoms with Crippen LogP contribution >= 0.6 is 0 Å². The summed E-state index contributed by atoms with van der Waals surface area (Å²) in [5.41, 5.74) is 0.570. The second-order valence-corrected chi connectivity index (χ2v) is 7.91. The van der Waals surface area contributed by atoms with Crippen molar-refractivity contribution in [1.82, 2.24) is 15.3 Å². The van der Waals surface area contributed by atoms with E-state index in [4.69, 9.17) is 9.47 Å². The molecule has 11 heteroatoms. The predicted octanol–water partition coefficient (Wildman–Crippen LogP) is 3.34. The third-order valence-corrected chi connectivity index (χ3v) is 4.89. The summed E-state index contributed by atoms with van der Waals surface area (Å²) in [7, 11) is 1.52. The highest BCUT2D eigenvalue weighted by Crippen LogP contribution is 2.36. The Morgan fingerprint density at radius 3 is 2.76 bits per heavy atom. The van der Waals surface area contributed by atoms with Gasteiger partial charge in [0.05, 0.1) is 11.9 Å². The molecule has 2 amide bonds. The van der Waals surface area contributed by atoms with E-state index in [1.54, 1.807) is 56.3 Å². The third kappa shape index (κ3) is 5.14. The van der Waals surface area contributed by atoms with Crippen LogP contribution in [-0.2, 0) is 9.59 Å². The average Bonchev–Trinajstić information content (AvgIpc) is 2.81. The zero-order valence-electron chi connectivity index (χ0n) is 18.7. The number of rotatable bonds is 7. The monoisotopic (exact) mass is 466 g/mol. The first-order valence-corrected chi connectivity index (χ1v) is 10.4. The Balaban J connectivity index is 1.49. The van der Waals surface area contributed by atoms with Crippen LogP contribution in [0.2, 0.25) is 0 Å². The fourth-order valence-electron chi connectivity index (χ4n) is 3.05. The number of carbonyl (C=O) groups is 2. The topological polar surface area (TPSA) is 126 Å². The first-order valence-electron chi connectivity index (χ1n) is 10.4. The number of benzene rings is 2. The van der Waals surface area contributed by atoms with Gasteiger partial charge in [0, 0.05) is 24.5 Å². The number of fused-ring (bicyclic) bond motifs is 1. The maximum Gasteiger partial charge on any atom is 0.268 e. The third-order valence-electron chi connectivity index (χ3n) is 4.89. The Morgan fingerprint density at radius 1 is 1.18 bits per heavy atom. The van der Waals surface area contributed by atoms with Gasteiger partial charge in [0.15, 0.2) is 23.8 Å². The van der Waals surface area contributed by atoms with E-state index in [1.165, 1.54) is 7.05 Å². The number of hydrogen-bond donors (Lipinski definition) is 4. The van der Waals surface area contributed by atoms with Gasteiger partial charge in [0.1, 0.15) is 11.5 Å². The summed E-state index contributed by atoms with van der Waals surface area (Å²) in [6.45, 7) is 3.22. The number of hydrogen-bond acceptors (Lipinski definition) is 8. The molecule has 2 heterocycles. The van der Waals surface area contributed by atoms with Crippen LogP contribution in [0.25, 0.3) is 0 Å². The second kappa shape index (κ2) is 9.22. The molecule has 0 bridgehead atoms. The maximum absolute atomic E-state index is 14.4. The van der Waals surface area contributed by atoms with Crippen LogP contribution in [-0.4, -0.2) is 41.0 Å². The van der Waals surface area contributed by atoms with E-state index in [0.717, 1.165) is 6.20 Å². The minimum Gasteiger partial charge on any atom is -0.484 e. The molecule has 0 saturated heterocycles. The number of amides is 2. The molecule has 0 radical (unpaired) electrons. The lowest BCUT2D eigenvalue weighted by molar-refractivity contribution is -0.129. The highest BCUT2D eigenvalue weighted by Gasteiger charge is 2.35. The molecule has 10 nitrogen and oxygen atoms in total. The number of nitrogens with one attached hydrogen (secondary N) is 4. The van der Waals surface area contributed by atoms with Gasteiger partial charge in [0.25, 0.3) is 11.8 Å². The molecular formula is C23H23FN6O4. The second-order valence-electron chi connectivity index (χ2n) is 7.91. The van der Waals surface area contributed by atoms with Crippen LogP contribution in [0.4, 0.5) is 33.2 Å². The van der Waals surface area contributed by atoms with E-state index >= 15 is 0 Å². The summed E-state index contributed by atoms with van der Waals surface area (Å²) in [6, 6.07) is 11.8. The van der Waals surface area contributed by atoms with Crippen molar-refractivity contribution < 1.29 is 23.5 Å². The van der Waals surface area contributed by atoms with Crippen molar-refractivity contribution >= 4 is 40.6 Å². The number of halogens is 1. The average molecular weight is 466 g/mol. The molecule has 0 aliphatic carbocycles. The molecule has 0 unspecified atom stereocenters. The number of likely N-dealkylation sites (N-methyl/N-ethyl adjacent to an activating group) is 1. The van der Waals surface area contributed by atoms with E-state index in [-0.39, 0.29) is 30.2 Å². The van der Waals surface area contributed by atoms with Gasteiger partial charge in [-0.05, 0) is 44.2 Å². The molecule has 1 aliphatic heterocycles. The van der Waals surface area contributed by atoms with E-state index in [1.807, 2.05) is 0 Å². The minimum absolute atomic E-state index is 0.0622. The van der Waals surface area contributed by atoms with Crippen molar-refractivity contribution in [2.24, 2.45) is 0 Å². The van der Waals surface area contributed by atoms with Crippen LogP contribution in [0.1, 0.15) is 13.8 Å². The van der Waals surface area contributed by atoms with E-state index < -0.39 is 11.4 Å². The molecule has 1 aromatic heterocycles. The van der Waals surface area contributed by atoms with Crippen LogP contribution in [0.5, 0.6) is 11.5 Å². The summed E-state index contributed by atoms with van der Waals surface area (Å²) in [4.78, 5) is 31.7. The van der Waals surface area contributed by atoms with Gasteiger partial charge in [-0.2, -0.15) is 4.98 Å². The smallest absolute Gasteiger partial charge is 0.268 e. The van der Waals surface area contributed by atoms with Crippen molar-refractivity contribution in [2.75, 3.05) is 29.6 Å². The first kappa shape index (κ1) is 22.8. The Morgan fingerprint density at radius 2 is 1.97 bits per heavy atom. The van der Waals surface area contributed by atoms with Crippen LogP contribution in [0.15, 0.2) is 48.7 Å². The molecule has 0 fully saturated rings. The summed E-state index contributed by atoms with van der Waals surface area (Å²) < 4.78 is 25.5. The zero-order chi connectivity index (χ0) is 24.3. The lowest BCUT2D eigenvalue weighted by Crippen LogP contribution is -2.45. The summed E-state index contributed by atoms with van der Waals surface area (Å²) in [6.07, 6.45) is 1.04. The fourth-order valence-corrected chi connectivity index (χ4v) is 3.05. The summed E-state index contributed by atoms with van der Waals surface area (Å²) in [5.74, 6) is -0.134. The van der Waals surface area contributed by atoms with Crippen molar-refractivity contribution in [2.45, 2.75) is 19.4 Å². The molecule has 1 aliphatic rings. The number of aromatic nitrogens is 2. The fraction of sp³-hybridized carbons (Fsp3) is 0.217. The van der Waals surface area contributed by atoms with Gasteiger partial charge in [-0.3, -0.25) is 9.59 Å². The molecule has 176 valence electrons. The normalized spacial score (nSPS) is 13.7. The molecule has 34 heavy (non-hydrogen) atoms. The SMILES string of the molecule is CNC(=O)COc1cccc(Nc2ncc(F)c(Nc3ccc4c(c3)NC(=O)C(C)(C)O4)n2)c1. The summed E-state index contributed by atoms with van der Waals surface area (Å²) in [5, 5.41) is 11.1. The standard InChI is InChI=1S/C23H23FN6O4/c1-23(2)21(32)29-17-10-14(7-8-18(17)34-23)27-20-16(24)11-26-22(30-20)28-13-5-4-6-15(9-13)33-12-19(31)25-3/h4-11H,12H2,1-3H3,(H,25,31)(H,29,32)(H2,26,27,28,30). The molecule has 0 atom stereocenters. The lowest BCUT2D eigenvalue weighted by Gasteiger charge is -2.31.